The van der Waals surface area contributed by atoms with Crippen LogP contribution in [0.2, 0.25) is 0 Å². The van der Waals surface area contributed by atoms with Gasteiger partial charge in [-0.05, 0) is 56.6 Å². The average Bonchev–Trinajstić information content (AvgIpc) is 2.30. The third kappa shape index (κ3) is 3.30. The lowest BCUT2D eigenvalue weighted by Crippen LogP contribution is -2.31. The maximum absolute atomic E-state index is 11.4. The standard InChI is InChI=1S/C16H24N2O2/c1-10-9-11(2)17-14(13(10)15(19)20)18-12-5-7-16(3,4)8-6-12/h9,12H,5-8H2,1-4H3,(H,17,18)(H,19,20). The van der Waals surface area contributed by atoms with Crippen molar-refractivity contribution in [2.45, 2.75) is 59.4 Å². The van der Waals surface area contributed by atoms with Crippen LogP contribution in [0.1, 0.15) is 61.1 Å². The van der Waals surface area contributed by atoms with Crippen molar-refractivity contribution in [1.82, 2.24) is 4.98 Å². The Labute approximate surface area is 120 Å². The molecule has 0 saturated heterocycles. The molecule has 1 aromatic heterocycles. The first-order chi connectivity index (χ1) is 9.28. The van der Waals surface area contributed by atoms with Crippen LogP contribution in [0, 0.1) is 19.3 Å². The van der Waals surface area contributed by atoms with Crippen LogP contribution in [-0.2, 0) is 0 Å². The lowest BCUT2D eigenvalue weighted by molar-refractivity contribution is 0.0696. The van der Waals surface area contributed by atoms with Gasteiger partial charge in [-0.3, -0.25) is 0 Å². The fourth-order valence-corrected chi connectivity index (χ4v) is 2.95. The molecule has 1 heterocycles. The van der Waals surface area contributed by atoms with Crippen LogP contribution >= 0.6 is 0 Å². The van der Waals surface area contributed by atoms with E-state index in [0.29, 0.717) is 22.8 Å². The van der Waals surface area contributed by atoms with Gasteiger partial charge in [-0.15, -0.1) is 0 Å². The summed E-state index contributed by atoms with van der Waals surface area (Å²) in [7, 11) is 0. The predicted octanol–water partition coefficient (Wildman–Crippen LogP) is 3.78. The van der Waals surface area contributed by atoms with E-state index in [-0.39, 0.29) is 0 Å². The van der Waals surface area contributed by atoms with Gasteiger partial charge >= 0.3 is 5.97 Å². The molecule has 1 aliphatic carbocycles. The molecular formula is C16H24N2O2. The summed E-state index contributed by atoms with van der Waals surface area (Å²) < 4.78 is 0. The molecule has 20 heavy (non-hydrogen) atoms. The lowest BCUT2D eigenvalue weighted by atomic mass is 9.75. The highest BCUT2D eigenvalue weighted by molar-refractivity contribution is 5.94. The van der Waals surface area contributed by atoms with Crippen molar-refractivity contribution in [3.63, 3.8) is 0 Å². The Balaban J connectivity index is 2.19. The third-order valence-corrected chi connectivity index (χ3v) is 4.24. The highest BCUT2D eigenvalue weighted by Crippen LogP contribution is 2.36. The summed E-state index contributed by atoms with van der Waals surface area (Å²) in [5.74, 6) is -0.381. The Kier molecular flexibility index (Phi) is 4.02. The van der Waals surface area contributed by atoms with E-state index in [1.807, 2.05) is 19.9 Å². The van der Waals surface area contributed by atoms with Gasteiger partial charge in [0.15, 0.2) is 0 Å². The zero-order valence-corrected chi connectivity index (χ0v) is 12.8. The number of hydrogen-bond donors (Lipinski definition) is 2. The van der Waals surface area contributed by atoms with Crippen LogP contribution in [0.5, 0.6) is 0 Å². The second-order valence-corrected chi connectivity index (χ2v) is 6.69. The third-order valence-electron chi connectivity index (χ3n) is 4.24. The zero-order valence-electron chi connectivity index (χ0n) is 12.8. The number of pyridine rings is 1. The number of carboxylic acids is 1. The molecule has 0 radical (unpaired) electrons. The van der Waals surface area contributed by atoms with Crippen molar-refractivity contribution < 1.29 is 9.90 Å². The van der Waals surface area contributed by atoms with Gasteiger partial charge in [0, 0.05) is 11.7 Å². The minimum atomic E-state index is -0.909. The Morgan fingerprint density at radius 2 is 1.95 bits per heavy atom. The number of hydrogen-bond acceptors (Lipinski definition) is 3. The molecule has 1 saturated carbocycles. The van der Waals surface area contributed by atoms with Gasteiger partial charge in [-0.2, -0.15) is 0 Å². The summed E-state index contributed by atoms with van der Waals surface area (Å²) in [6.45, 7) is 8.31. The van der Waals surface area contributed by atoms with Crippen LogP contribution in [0.25, 0.3) is 0 Å². The molecule has 0 amide bonds. The molecule has 0 spiro atoms. The molecule has 1 aliphatic rings. The van der Waals surface area contributed by atoms with E-state index in [0.717, 1.165) is 36.9 Å². The second kappa shape index (κ2) is 5.43. The number of aryl methyl sites for hydroxylation is 2. The maximum atomic E-state index is 11.4. The summed E-state index contributed by atoms with van der Waals surface area (Å²) in [5, 5.41) is 12.7. The molecule has 0 aromatic carbocycles. The Morgan fingerprint density at radius 3 is 2.50 bits per heavy atom. The summed E-state index contributed by atoms with van der Waals surface area (Å²) in [6.07, 6.45) is 4.47. The van der Waals surface area contributed by atoms with Crippen LogP contribution in [0.15, 0.2) is 6.07 Å². The highest BCUT2D eigenvalue weighted by Gasteiger charge is 2.28. The molecule has 1 aromatic rings. The number of nitrogens with one attached hydrogen (secondary N) is 1. The largest absolute Gasteiger partial charge is 0.478 e. The van der Waals surface area contributed by atoms with E-state index in [1.54, 1.807) is 0 Å². The van der Waals surface area contributed by atoms with Gasteiger partial charge in [0.25, 0.3) is 0 Å². The first-order valence-corrected chi connectivity index (χ1v) is 7.26. The zero-order chi connectivity index (χ0) is 14.9. The minimum Gasteiger partial charge on any atom is -0.478 e. The number of carbonyl (C=O) groups is 1. The molecule has 4 heteroatoms. The summed E-state index contributed by atoms with van der Waals surface area (Å²) >= 11 is 0. The fourth-order valence-electron chi connectivity index (χ4n) is 2.95. The van der Waals surface area contributed by atoms with Crippen molar-refractivity contribution in [2.75, 3.05) is 5.32 Å². The van der Waals surface area contributed by atoms with Gasteiger partial charge in [0.2, 0.25) is 0 Å². The van der Waals surface area contributed by atoms with E-state index in [1.165, 1.54) is 0 Å². The second-order valence-electron chi connectivity index (χ2n) is 6.69. The molecule has 110 valence electrons. The van der Waals surface area contributed by atoms with Crippen molar-refractivity contribution in [3.05, 3.63) is 22.9 Å². The number of aromatic carboxylic acids is 1. The quantitative estimate of drug-likeness (QED) is 0.882. The molecule has 0 unspecified atom stereocenters. The molecule has 2 N–H and O–H groups in total. The fraction of sp³-hybridized carbons (Fsp3) is 0.625. The number of aromatic nitrogens is 1. The van der Waals surface area contributed by atoms with Crippen LogP contribution in [0.3, 0.4) is 0 Å². The normalized spacial score (nSPS) is 18.8. The molecule has 0 aliphatic heterocycles. The maximum Gasteiger partial charge on any atom is 0.339 e. The summed E-state index contributed by atoms with van der Waals surface area (Å²) in [6, 6.07) is 2.15. The van der Waals surface area contributed by atoms with Crippen molar-refractivity contribution in [2.24, 2.45) is 5.41 Å². The number of anilines is 1. The summed E-state index contributed by atoms with van der Waals surface area (Å²) in [5.41, 5.74) is 2.33. The molecule has 1 fully saturated rings. The minimum absolute atomic E-state index is 0.306. The molecule has 0 atom stereocenters. The molecule has 4 nitrogen and oxygen atoms in total. The van der Waals surface area contributed by atoms with Crippen LogP contribution in [-0.4, -0.2) is 22.1 Å². The van der Waals surface area contributed by atoms with Gasteiger partial charge in [0.05, 0.1) is 0 Å². The van der Waals surface area contributed by atoms with E-state index < -0.39 is 5.97 Å². The predicted molar refractivity (Wildman–Crippen MR) is 80.3 cm³/mol. The first-order valence-electron chi connectivity index (χ1n) is 7.26. The van der Waals surface area contributed by atoms with E-state index in [4.69, 9.17) is 0 Å². The van der Waals surface area contributed by atoms with E-state index in [9.17, 15) is 9.90 Å². The van der Waals surface area contributed by atoms with Gasteiger partial charge in [-0.1, -0.05) is 13.8 Å². The van der Waals surface area contributed by atoms with Gasteiger partial charge in [-0.25, -0.2) is 9.78 Å². The van der Waals surface area contributed by atoms with Gasteiger partial charge < -0.3 is 10.4 Å². The Morgan fingerprint density at radius 1 is 1.35 bits per heavy atom. The highest BCUT2D eigenvalue weighted by atomic mass is 16.4. The van der Waals surface area contributed by atoms with E-state index >= 15 is 0 Å². The van der Waals surface area contributed by atoms with Crippen LogP contribution in [0.4, 0.5) is 5.82 Å². The Bertz CT molecular complexity index is 513. The Hall–Kier alpha value is -1.58. The van der Waals surface area contributed by atoms with Crippen molar-refractivity contribution in [1.29, 1.82) is 0 Å². The first kappa shape index (κ1) is 14.8. The SMILES string of the molecule is Cc1cc(C)c(C(=O)O)c(NC2CCC(C)(C)CC2)n1. The number of nitrogens with zero attached hydrogens (tertiary/aromatic N) is 1. The average molecular weight is 276 g/mol. The topological polar surface area (TPSA) is 62.2 Å². The van der Waals surface area contributed by atoms with Gasteiger partial charge in [0.1, 0.15) is 11.4 Å². The molecular weight excluding hydrogens is 252 g/mol. The monoisotopic (exact) mass is 276 g/mol. The molecule has 2 rings (SSSR count). The van der Waals surface area contributed by atoms with Crippen molar-refractivity contribution >= 4 is 11.8 Å². The van der Waals surface area contributed by atoms with Crippen molar-refractivity contribution in [3.8, 4) is 0 Å². The summed E-state index contributed by atoms with van der Waals surface area (Å²) in [4.78, 5) is 15.8. The smallest absolute Gasteiger partial charge is 0.339 e. The number of rotatable bonds is 3. The van der Waals surface area contributed by atoms with Crippen LogP contribution < -0.4 is 5.32 Å². The molecule has 0 bridgehead atoms. The number of carboxylic acid groups (broad SMARTS) is 1. The lowest BCUT2D eigenvalue weighted by Gasteiger charge is -2.35. The van der Waals surface area contributed by atoms with E-state index in [2.05, 4.69) is 24.1 Å².